The fourth-order valence-corrected chi connectivity index (χ4v) is 2.33. The second kappa shape index (κ2) is 6.63. The molecule has 0 atom stereocenters. The lowest BCUT2D eigenvalue weighted by molar-refractivity contribution is -0.111. The number of benzene rings is 1. The van der Waals surface area contributed by atoms with Crippen molar-refractivity contribution in [3.63, 3.8) is 0 Å². The molecule has 1 heterocycles. The Hall–Kier alpha value is -1.72. The average Bonchev–Trinajstić information content (AvgIpc) is 2.38. The van der Waals surface area contributed by atoms with Crippen LogP contribution in [0.1, 0.15) is 6.92 Å². The number of rotatable bonds is 3. The van der Waals surface area contributed by atoms with Crippen LogP contribution < -0.4 is 16.0 Å². The second-order valence-electron chi connectivity index (χ2n) is 4.64. The van der Waals surface area contributed by atoms with E-state index in [4.69, 9.17) is 22.1 Å². The first-order valence-electron chi connectivity index (χ1n) is 6.43. The minimum Gasteiger partial charge on any atom is -0.402 e. The highest BCUT2D eigenvalue weighted by Gasteiger charge is 2.14. The quantitative estimate of drug-likeness (QED) is 0.837. The summed E-state index contributed by atoms with van der Waals surface area (Å²) >= 11 is 6.28. The minimum absolute atomic E-state index is 0.264. The molecule has 1 aromatic rings. The van der Waals surface area contributed by atoms with Gasteiger partial charge in [0, 0.05) is 30.5 Å². The molecule has 0 aromatic heterocycles. The average molecular weight is 296 g/mol. The molecule has 2 rings (SSSR count). The van der Waals surface area contributed by atoms with Crippen molar-refractivity contribution in [2.45, 2.75) is 6.92 Å². The molecule has 108 valence electrons. The third-order valence-corrected chi connectivity index (χ3v) is 3.23. The molecule has 3 N–H and O–H groups in total. The summed E-state index contributed by atoms with van der Waals surface area (Å²) in [7, 11) is 0. The topological polar surface area (TPSA) is 67.6 Å². The molecule has 0 saturated carbocycles. The molecule has 0 bridgehead atoms. The summed E-state index contributed by atoms with van der Waals surface area (Å²) in [6.07, 6.45) is 1.34. The van der Waals surface area contributed by atoms with E-state index in [1.54, 1.807) is 13.0 Å². The summed E-state index contributed by atoms with van der Waals surface area (Å²) in [6.45, 7) is 4.71. The summed E-state index contributed by atoms with van der Waals surface area (Å²) in [6, 6.07) is 5.47. The number of anilines is 2. The maximum absolute atomic E-state index is 11.6. The highest BCUT2D eigenvalue weighted by atomic mass is 35.5. The van der Waals surface area contributed by atoms with Gasteiger partial charge in [0.1, 0.15) is 0 Å². The second-order valence-corrected chi connectivity index (χ2v) is 5.05. The SMILES string of the molecule is C/C(N)=C\C(=O)Nc1ccc(N2CCOCC2)c(Cl)c1. The van der Waals surface area contributed by atoms with Crippen LogP contribution in [-0.4, -0.2) is 32.2 Å². The van der Waals surface area contributed by atoms with Crippen LogP contribution in [0.3, 0.4) is 0 Å². The number of morpholine rings is 1. The van der Waals surface area contributed by atoms with Gasteiger partial charge in [0.05, 0.1) is 23.9 Å². The van der Waals surface area contributed by atoms with E-state index in [0.29, 0.717) is 29.6 Å². The molecular formula is C14H18ClN3O2. The predicted molar refractivity (Wildman–Crippen MR) is 81.1 cm³/mol. The maximum atomic E-state index is 11.6. The van der Waals surface area contributed by atoms with Crippen molar-refractivity contribution in [3.8, 4) is 0 Å². The van der Waals surface area contributed by atoms with Gasteiger partial charge in [-0.25, -0.2) is 0 Å². The summed E-state index contributed by atoms with van der Waals surface area (Å²) in [5, 5.41) is 3.33. The van der Waals surface area contributed by atoms with Gasteiger partial charge in [-0.05, 0) is 25.1 Å². The third kappa shape index (κ3) is 3.88. The normalized spacial score (nSPS) is 16.1. The zero-order chi connectivity index (χ0) is 14.5. The molecule has 5 nitrogen and oxygen atoms in total. The molecule has 0 unspecified atom stereocenters. The van der Waals surface area contributed by atoms with Crippen LogP contribution in [-0.2, 0) is 9.53 Å². The molecule has 0 spiro atoms. The lowest BCUT2D eigenvalue weighted by Crippen LogP contribution is -2.36. The Morgan fingerprint density at radius 2 is 2.15 bits per heavy atom. The molecule has 6 heteroatoms. The van der Waals surface area contributed by atoms with Crippen LogP contribution >= 0.6 is 11.6 Å². The first kappa shape index (κ1) is 14.7. The summed E-state index contributed by atoms with van der Waals surface area (Å²) in [5.74, 6) is -0.264. The zero-order valence-electron chi connectivity index (χ0n) is 11.4. The summed E-state index contributed by atoms with van der Waals surface area (Å²) in [4.78, 5) is 13.8. The van der Waals surface area contributed by atoms with E-state index in [-0.39, 0.29) is 5.91 Å². The lowest BCUT2D eigenvalue weighted by atomic mass is 10.2. The van der Waals surface area contributed by atoms with Gasteiger partial charge >= 0.3 is 0 Å². The number of hydrogen-bond donors (Lipinski definition) is 2. The number of nitrogens with zero attached hydrogens (tertiary/aromatic N) is 1. The molecular weight excluding hydrogens is 278 g/mol. The van der Waals surface area contributed by atoms with Crippen molar-refractivity contribution in [1.82, 2.24) is 0 Å². The Bertz CT molecular complexity index is 521. The van der Waals surface area contributed by atoms with Crippen LogP contribution in [0, 0.1) is 0 Å². The minimum atomic E-state index is -0.264. The Morgan fingerprint density at radius 1 is 1.45 bits per heavy atom. The van der Waals surface area contributed by atoms with Gasteiger partial charge in [-0.1, -0.05) is 11.6 Å². The Labute approximate surface area is 123 Å². The van der Waals surface area contributed by atoms with E-state index >= 15 is 0 Å². The summed E-state index contributed by atoms with van der Waals surface area (Å²) in [5.41, 5.74) is 7.52. The Balaban J connectivity index is 2.09. The van der Waals surface area contributed by atoms with Crippen molar-refractivity contribution in [2.24, 2.45) is 5.73 Å². The lowest BCUT2D eigenvalue weighted by Gasteiger charge is -2.29. The monoisotopic (exact) mass is 295 g/mol. The number of amides is 1. The molecule has 1 fully saturated rings. The van der Waals surface area contributed by atoms with Gasteiger partial charge in [0.15, 0.2) is 0 Å². The van der Waals surface area contributed by atoms with Gasteiger partial charge in [-0.2, -0.15) is 0 Å². The fraction of sp³-hybridized carbons (Fsp3) is 0.357. The van der Waals surface area contributed by atoms with E-state index in [2.05, 4.69) is 10.2 Å². The smallest absolute Gasteiger partial charge is 0.250 e. The predicted octanol–water partition coefficient (Wildman–Crippen LogP) is 1.98. The first-order valence-corrected chi connectivity index (χ1v) is 6.81. The maximum Gasteiger partial charge on any atom is 0.250 e. The molecule has 1 aliphatic heterocycles. The molecule has 20 heavy (non-hydrogen) atoms. The van der Waals surface area contributed by atoms with Crippen molar-refractivity contribution in [3.05, 3.63) is 35.0 Å². The van der Waals surface area contributed by atoms with E-state index < -0.39 is 0 Å². The Kier molecular flexibility index (Phi) is 4.87. The molecule has 1 amide bonds. The van der Waals surface area contributed by atoms with Gasteiger partial charge in [0.25, 0.3) is 0 Å². The number of halogens is 1. The van der Waals surface area contributed by atoms with Crippen molar-refractivity contribution in [2.75, 3.05) is 36.5 Å². The Morgan fingerprint density at radius 3 is 2.75 bits per heavy atom. The van der Waals surface area contributed by atoms with Crippen molar-refractivity contribution >= 4 is 28.9 Å². The van der Waals surface area contributed by atoms with Gasteiger partial charge in [0.2, 0.25) is 5.91 Å². The molecule has 1 saturated heterocycles. The molecule has 0 radical (unpaired) electrons. The number of nitrogens with one attached hydrogen (secondary N) is 1. The van der Waals surface area contributed by atoms with E-state index in [1.807, 2.05) is 12.1 Å². The largest absolute Gasteiger partial charge is 0.402 e. The number of carbonyl (C=O) groups is 1. The number of ether oxygens (including phenoxy) is 1. The van der Waals surface area contributed by atoms with Crippen LogP contribution in [0.15, 0.2) is 30.0 Å². The highest BCUT2D eigenvalue weighted by Crippen LogP contribution is 2.29. The van der Waals surface area contributed by atoms with Gasteiger partial charge < -0.3 is 20.7 Å². The van der Waals surface area contributed by atoms with Crippen LogP contribution in [0.5, 0.6) is 0 Å². The highest BCUT2D eigenvalue weighted by molar-refractivity contribution is 6.33. The van der Waals surface area contributed by atoms with Crippen molar-refractivity contribution in [1.29, 1.82) is 0 Å². The van der Waals surface area contributed by atoms with E-state index in [0.717, 1.165) is 18.8 Å². The number of allylic oxidation sites excluding steroid dienone is 1. The van der Waals surface area contributed by atoms with E-state index in [9.17, 15) is 4.79 Å². The standard InChI is InChI=1S/C14H18ClN3O2/c1-10(16)8-14(19)17-11-2-3-13(12(15)9-11)18-4-6-20-7-5-18/h2-3,8-9H,4-7,16H2,1H3,(H,17,19)/b10-8+. The van der Waals surface area contributed by atoms with Crippen molar-refractivity contribution < 1.29 is 9.53 Å². The number of nitrogens with two attached hydrogens (primary N) is 1. The summed E-state index contributed by atoms with van der Waals surface area (Å²) < 4.78 is 5.31. The molecule has 0 aliphatic carbocycles. The van der Waals surface area contributed by atoms with Gasteiger partial charge in [-0.15, -0.1) is 0 Å². The van der Waals surface area contributed by atoms with Crippen LogP contribution in [0.25, 0.3) is 0 Å². The van der Waals surface area contributed by atoms with Crippen LogP contribution in [0.4, 0.5) is 11.4 Å². The molecule has 1 aliphatic rings. The first-order chi connectivity index (χ1) is 9.56. The molecule has 1 aromatic carbocycles. The number of hydrogen-bond acceptors (Lipinski definition) is 4. The number of carbonyl (C=O) groups excluding carboxylic acids is 1. The zero-order valence-corrected chi connectivity index (χ0v) is 12.1. The van der Waals surface area contributed by atoms with E-state index in [1.165, 1.54) is 6.08 Å². The van der Waals surface area contributed by atoms with Crippen LogP contribution in [0.2, 0.25) is 5.02 Å². The fourth-order valence-electron chi connectivity index (χ4n) is 2.03. The third-order valence-electron chi connectivity index (χ3n) is 2.93. The van der Waals surface area contributed by atoms with Gasteiger partial charge in [-0.3, -0.25) is 4.79 Å².